The smallest absolute Gasteiger partial charge is 0.168 e. The molecule has 2 nitrogen and oxygen atoms in total. The Morgan fingerprint density at radius 1 is 1.18 bits per heavy atom. The van der Waals surface area contributed by atoms with Crippen LogP contribution in [0.1, 0.15) is 56.6 Å². The SMILES string of the molecule is CCc1ccc(C23CC4CC(CC(C4)C2)C3)cc1NC(N)=S. The minimum atomic E-state index is 0.373. The van der Waals surface area contributed by atoms with Gasteiger partial charge in [-0.25, -0.2) is 0 Å². The third-order valence-electron chi connectivity index (χ3n) is 6.40. The predicted molar refractivity (Wildman–Crippen MR) is 96.1 cm³/mol. The maximum Gasteiger partial charge on any atom is 0.168 e. The first-order valence-corrected chi connectivity index (χ1v) is 9.18. The van der Waals surface area contributed by atoms with Crippen LogP contribution in [0.5, 0.6) is 0 Å². The fourth-order valence-electron chi connectivity index (χ4n) is 5.93. The van der Waals surface area contributed by atoms with Crippen molar-refractivity contribution in [3.8, 4) is 0 Å². The average Bonchev–Trinajstić information content (AvgIpc) is 2.45. The Hall–Kier alpha value is -1.09. The summed E-state index contributed by atoms with van der Waals surface area (Å²) in [4.78, 5) is 0. The molecule has 0 aliphatic heterocycles. The first-order chi connectivity index (χ1) is 10.6. The summed E-state index contributed by atoms with van der Waals surface area (Å²) in [6.07, 6.45) is 9.68. The molecule has 3 N–H and O–H groups in total. The number of nitrogens with two attached hydrogens (primary N) is 1. The van der Waals surface area contributed by atoms with Gasteiger partial charge < -0.3 is 11.1 Å². The zero-order valence-corrected chi connectivity index (χ0v) is 14.2. The van der Waals surface area contributed by atoms with Crippen molar-refractivity contribution in [2.24, 2.45) is 23.5 Å². The van der Waals surface area contributed by atoms with E-state index in [1.54, 1.807) is 0 Å². The Kier molecular flexibility index (Phi) is 3.44. The van der Waals surface area contributed by atoms with E-state index in [1.165, 1.54) is 49.7 Å². The number of anilines is 1. The van der Waals surface area contributed by atoms with Crippen molar-refractivity contribution in [1.82, 2.24) is 0 Å². The van der Waals surface area contributed by atoms with Gasteiger partial charge in [0, 0.05) is 5.69 Å². The van der Waals surface area contributed by atoms with E-state index in [2.05, 4.69) is 30.4 Å². The van der Waals surface area contributed by atoms with Crippen LogP contribution < -0.4 is 11.1 Å². The van der Waals surface area contributed by atoms with Crippen LogP contribution in [0.2, 0.25) is 0 Å². The number of nitrogens with one attached hydrogen (secondary N) is 1. The highest BCUT2D eigenvalue weighted by Crippen LogP contribution is 2.60. The molecule has 118 valence electrons. The average molecular weight is 314 g/mol. The summed E-state index contributed by atoms with van der Waals surface area (Å²) in [5, 5.41) is 3.58. The fourth-order valence-corrected chi connectivity index (χ4v) is 6.04. The molecular weight excluding hydrogens is 288 g/mol. The molecule has 4 fully saturated rings. The van der Waals surface area contributed by atoms with Crippen LogP contribution >= 0.6 is 12.2 Å². The maximum atomic E-state index is 5.72. The molecule has 0 amide bonds. The molecular formula is C19H26N2S. The number of rotatable bonds is 3. The van der Waals surface area contributed by atoms with E-state index in [0.717, 1.165) is 29.9 Å². The summed E-state index contributed by atoms with van der Waals surface area (Å²) >= 11 is 5.06. The molecule has 4 aliphatic carbocycles. The minimum absolute atomic E-state index is 0.373. The monoisotopic (exact) mass is 314 g/mol. The van der Waals surface area contributed by atoms with Crippen molar-refractivity contribution in [2.45, 2.75) is 57.3 Å². The highest BCUT2D eigenvalue weighted by Gasteiger charge is 2.51. The number of aryl methyl sites for hydroxylation is 1. The summed E-state index contributed by atoms with van der Waals surface area (Å²) in [6.45, 7) is 2.18. The number of thiocarbonyl (C=S) groups is 1. The van der Waals surface area contributed by atoms with Gasteiger partial charge in [0.15, 0.2) is 5.11 Å². The Morgan fingerprint density at radius 3 is 2.27 bits per heavy atom. The van der Waals surface area contributed by atoms with Crippen LogP contribution in [-0.4, -0.2) is 5.11 Å². The third-order valence-corrected chi connectivity index (χ3v) is 6.50. The van der Waals surface area contributed by atoms with Gasteiger partial charge in [-0.3, -0.25) is 0 Å². The highest BCUT2D eigenvalue weighted by molar-refractivity contribution is 7.80. The molecule has 4 bridgehead atoms. The van der Waals surface area contributed by atoms with Crippen molar-refractivity contribution < 1.29 is 0 Å². The molecule has 0 spiro atoms. The van der Waals surface area contributed by atoms with Crippen LogP contribution in [0.3, 0.4) is 0 Å². The maximum absolute atomic E-state index is 5.72. The molecule has 0 radical (unpaired) electrons. The number of hydrogen-bond acceptors (Lipinski definition) is 1. The van der Waals surface area contributed by atoms with Crippen molar-refractivity contribution in [1.29, 1.82) is 0 Å². The summed E-state index contributed by atoms with van der Waals surface area (Å²) in [6, 6.07) is 7.02. The molecule has 3 heteroatoms. The molecule has 22 heavy (non-hydrogen) atoms. The third kappa shape index (κ3) is 2.34. The van der Waals surface area contributed by atoms with Gasteiger partial charge in [-0.2, -0.15) is 0 Å². The number of benzene rings is 1. The van der Waals surface area contributed by atoms with E-state index in [0.29, 0.717) is 10.5 Å². The van der Waals surface area contributed by atoms with Gasteiger partial charge >= 0.3 is 0 Å². The Morgan fingerprint density at radius 2 is 1.77 bits per heavy atom. The lowest BCUT2D eigenvalue weighted by Gasteiger charge is -2.57. The number of hydrogen-bond donors (Lipinski definition) is 2. The normalized spacial score (nSPS) is 35.6. The van der Waals surface area contributed by atoms with Gasteiger partial charge in [0.2, 0.25) is 0 Å². The Bertz CT molecular complexity index is 572. The van der Waals surface area contributed by atoms with Crippen LogP contribution in [0.25, 0.3) is 0 Å². The first-order valence-electron chi connectivity index (χ1n) is 8.78. The van der Waals surface area contributed by atoms with Gasteiger partial charge in [-0.05, 0) is 97.5 Å². The van der Waals surface area contributed by atoms with Crippen LogP contribution in [0, 0.1) is 17.8 Å². The van der Waals surface area contributed by atoms with E-state index in [-0.39, 0.29) is 0 Å². The molecule has 5 rings (SSSR count). The Balaban J connectivity index is 1.71. The zero-order chi connectivity index (χ0) is 15.3. The predicted octanol–water partition coefficient (Wildman–Crippen LogP) is 4.37. The lowest BCUT2D eigenvalue weighted by atomic mass is 9.48. The lowest BCUT2D eigenvalue weighted by molar-refractivity contribution is -0.00516. The molecule has 0 atom stereocenters. The topological polar surface area (TPSA) is 38.0 Å². The van der Waals surface area contributed by atoms with Gasteiger partial charge in [-0.1, -0.05) is 19.1 Å². The van der Waals surface area contributed by atoms with E-state index >= 15 is 0 Å². The summed E-state index contributed by atoms with van der Waals surface area (Å²) in [5.41, 5.74) is 10.1. The van der Waals surface area contributed by atoms with E-state index in [9.17, 15) is 0 Å². The van der Waals surface area contributed by atoms with Crippen LogP contribution in [0.15, 0.2) is 18.2 Å². The fraction of sp³-hybridized carbons (Fsp3) is 0.632. The van der Waals surface area contributed by atoms with Crippen LogP contribution in [0.4, 0.5) is 5.69 Å². The van der Waals surface area contributed by atoms with Crippen molar-refractivity contribution in [2.75, 3.05) is 5.32 Å². The molecule has 1 aromatic carbocycles. The molecule has 0 unspecified atom stereocenters. The van der Waals surface area contributed by atoms with E-state index in [1.807, 2.05) is 0 Å². The molecule has 4 saturated carbocycles. The quantitative estimate of drug-likeness (QED) is 0.814. The van der Waals surface area contributed by atoms with Gasteiger partial charge in [0.05, 0.1) is 0 Å². The van der Waals surface area contributed by atoms with Crippen molar-refractivity contribution in [3.05, 3.63) is 29.3 Å². The minimum Gasteiger partial charge on any atom is -0.376 e. The highest BCUT2D eigenvalue weighted by atomic mass is 32.1. The molecule has 1 aromatic rings. The summed E-state index contributed by atoms with van der Waals surface area (Å²) < 4.78 is 0. The second kappa shape index (κ2) is 5.23. The summed E-state index contributed by atoms with van der Waals surface area (Å²) in [5.74, 6) is 2.93. The van der Waals surface area contributed by atoms with Gasteiger partial charge in [0.1, 0.15) is 0 Å². The van der Waals surface area contributed by atoms with Gasteiger partial charge in [-0.15, -0.1) is 0 Å². The van der Waals surface area contributed by atoms with E-state index < -0.39 is 0 Å². The Labute approximate surface area is 138 Å². The van der Waals surface area contributed by atoms with Crippen LogP contribution in [-0.2, 0) is 11.8 Å². The summed E-state index contributed by atoms with van der Waals surface area (Å²) in [7, 11) is 0. The van der Waals surface area contributed by atoms with Crippen molar-refractivity contribution >= 4 is 23.0 Å². The standard InChI is InChI=1S/C19H26N2S/c1-2-15-3-4-16(8-17(15)21-18(20)22)19-9-12-5-13(10-19)7-14(6-12)11-19/h3-4,8,12-14H,2,5-7,9-11H2,1H3,(H3,20,21,22). The van der Waals surface area contributed by atoms with E-state index in [4.69, 9.17) is 18.0 Å². The largest absolute Gasteiger partial charge is 0.376 e. The first kappa shape index (κ1) is 14.5. The molecule has 0 heterocycles. The second-order valence-electron chi connectivity index (χ2n) is 7.91. The molecule has 0 saturated heterocycles. The van der Waals surface area contributed by atoms with Gasteiger partial charge in [0.25, 0.3) is 0 Å². The lowest BCUT2D eigenvalue weighted by Crippen LogP contribution is -2.48. The second-order valence-corrected chi connectivity index (χ2v) is 8.35. The molecule has 4 aliphatic rings. The van der Waals surface area contributed by atoms with Crippen molar-refractivity contribution in [3.63, 3.8) is 0 Å². The zero-order valence-electron chi connectivity index (χ0n) is 13.4. The molecule has 0 aromatic heterocycles.